The van der Waals surface area contributed by atoms with Crippen LogP contribution in [0.2, 0.25) is 10.0 Å². The van der Waals surface area contributed by atoms with Crippen molar-refractivity contribution in [2.45, 2.75) is 52.5 Å². The van der Waals surface area contributed by atoms with Crippen molar-refractivity contribution in [2.24, 2.45) is 5.41 Å². The minimum Gasteiger partial charge on any atom is -0.369 e. The molecule has 20 heavy (non-hydrogen) atoms. The summed E-state index contributed by atoms with van der Waals surface area (Å²) in [5.74, 6) is 1.42. The number of nitrogens with one attached hydrogen (secondary N) is 2. The second-order valence-corrected chi connectivity index (χ2v) is 6.93. The molecule has 1 aromatic rings. The minimum atomic E-state index is 0.265. The fraction of sp³-hybridized carbons (Fsp3) is 0.667. The van der Waals surface area contributed by atoms with Crippen LogP contribution in [0.5, 0.6) is 0 Å². The third kappa shape index (κ3) is 3.50. The zero-order chi connectivity index (χ0) is 14.8. The van der Waals surface area contributed by atoms with Gasteiger partial charge in [0, 0.05) is 12.6 Å². The number of pyridine rings is 1. The van der Waals surface area contributed by atoms with E-state index in [0.29, 0.717) is 21.9 Å². The van der Waals surface area contributed by atoms with Crippen LogP contribution in [0.1, 0.15) is 46.5 Å². The smallest absolute Gasteiger partial charge is 0.147 e. The van der Waals surface area contributed by atoms with Crippen LogP contribution in [0.25, 0.3) is 0 Å². The molecular weight excluding hydrogens is 293 g/mol. The van der Waals surface area contributed by atoms with E-state index in [1.807, 2.05) is 6.92 Å². The Labute approximate surface area is 131 Å². The Balaban J connectivity index is 2.21. The number of nitrogens with zero attached hydrogens (tertiary/aromatic N) is 1. The summed E-state index contributed by atoms with van der Waals surface area (Å²) in [7, 11) is 0. The Morgan fingerprint density at radius 2 is 1.95 bits per heavy atom. The first-order valence-corrected chi connectivity index (χ1v) is 8.06. The van der Waals surface area contributed by atoms with Gasteiger partial charge >= 0.3 is 0 Å². The zero-order valence-electron chi connectivity index (χ0n) is 12.4. The second-order valence-electron chi connectivity index (χ2n) is 6.11. The van der Waals surface area contributed by atoms with Gasteiger partial charge < -0.3 is 10.6 Å². The number of hydrogen-bond donors (Lipinski definition) is 2. The molecule has 2 N–H and O–H groups in total. The highest BCUT2D eigenvalue weighted by atomic mass is 35.5. The van der Waals surface area contributed by atoms with Gasteiger partial charge in [-0.2, -0.15) is 0 Å². The molecule has 1 aliphatic carbocycles. The van der Waals surface area contributed by atoms with Crippen LogP contribution in [0, 0.1) is 5.41 Å². The molecule has 1 aromatic heterocycles. The minimum absolute atomic E-state index is 0.265. The van der Waals surface area contributed by atoms with Crippen molar-refractivity contribution in [3.05, 3.63) is 16.1 Å². The van der Waals surface area contributed by atoms with Gasteiger partial charge in [0.05, 0.1) is 10.0 Å². The summed E-state index contributed by atoms with van der Waals surface area (Å²) in [6.07, 6.45) is 4.95. The monoisotopic (exact) mass is 315 g/mol. The molecule has 1 aliphatic rings. The van der Waals surface area contributed by atoms with Gasteiger partial charge in [-0.25, -0.2) is 4.98 Å². The van der Waals surface area contributed by atoms with E-state index in [2.05, 4.69) is 29.5 Å². The standard InChI is InChI=1S/C15H23Cl2N3/c1-4-18-13-10(16)9-11(17)14(20-13)19-12-7-5-6-8-15(12,2)3/h9,12H,4-8H2,1-3H3,(H2,18,19,20). The first-order valence-electron chi connectivity index (χ1n) is 7.30. The summed E-state index contributed by atoms with van der Waals surface area (Å²) >= 11 is 12.4. The lowest BCUT2D eigenvalue weighted by molar-refractivity contribution is 0.216. The SMILES string of the molecule is CCNc1nc(NC2CCCCC2(C)C)c(Cl)cc1Cl. The lowest BCUT2D eigenvalue weighted by atomic mass is 9.73. The molecule has 1 atom stereocenters. The predicted molar refractivity (Wildman–Crippen MR) is 88.1 cm³/mol. The summed E-state index contributed by atoms with van der Waals surface area (Å²) in [5.41, 5.74) is 0.265. The maximum absolute atomic E-state index is 6.28. The Kier molecular flexibility index (Phi) is 5.03. The van der Waals surface area contributed by atoms with Gasteiger partial charge in [-0.15, -0.1) is 0 Å². The van der Waals surface area contributed by atoms with Crippen LogP contribution < -0.4 is 10.6 Å². The van der Waals surface area contributed by atoms with E-state index in [9.17, 15) is 0 Å². The average Bonchev–Trinajstić information content (AvgIpc) is 2.37. The molecule has 0 aromatic carbocycles. The topological polar surface area (TPSA) is 37.0 Å². The molecular formula is C15H23Cl2N3. The van der Waals surface area contributed by atoms with E-state index >= 15 is 0 Å². The average molecular weight is 316 g/mol. The number of rotatable bonds is 4. The van der Waals surface area contributed by atoms with Gasteiger partial charge in [0.25, 0.3) is 0 Å². The van der Waals surface area contributed by atoms with Gasteiger partial charge in [-0.05, 0) is 31.2 Å². The third-order valence-corrected chi connectivity index (χ3v) is 4.67. The number of halogens is 2. The molecule has 0 amide bonds. The summed E-state index contributed by atoms with van der Waals surface area (Å²) in [5, 5.41) is 7.83. The summed E-state index contributed by atoms with van der Waals surface area (Å²) < 4.78 is 0. The normalized spacial score (nSPS) is 21.6. The van der Waals surface area contributed by atoms with Gasteiger partial charge in [0.2, 0.25) is 0 Å². The molecule has 0 radical (unpaired) electrons. The first kappa shape index (κ1) is 15.7. The molecule has 0 aliphatic heterocycles. The first-order chi connectivity index (χ1) is 9.44. The predicted octanol–water partition coefficient (Wildman–Crippen LogP) is 5.20. The van der Waals surface area contributed by atoms with Crippen LogP contribution in [-0.2, 0) is 0 Å². The molecule has 2 rings (SSSR count). The van der Waals surface area contributed by atoms with Crippen molar-refractivity contribution >= 4 is 34.8 Å². The van der Waals surface area contributed by atoms with Crippen molar-refractivity contribution in [1.82, 2.24) is 4.98 Å². The Morgan fingerprint density at radius 1 is 1.25 bits per heavy atom. The molecule has 1 unspecified atom stereocenters. The lowest BCUT2D eigenvalue weighted by Crippen LogP contribution is -2.39. The lowest BCUT2D eigenvalue weighted by Gasteiger charge is -2.39. The summed E-state index contributed by atoms with van der Waals surface area (Å²) in [6, 6.07) is 2.16. The van der Waals surface area contributed by atoms with Crippen molar-refractivity contribution in [1.29, 1.82) is 0 Å². The molecule has 1 heterocycles. The van der Waals surface area contributed by atoms with Crippen molar-refractivity contribution < 1.29 is 0 Å². The maximum Gasteiger partial charge on any atom is 0.147 e. The zero-order valence-corrected chi connectivity index (χ0v) is 13.9. The summed E-state index contributed by atoms with van der Waals surface area (Å²) in [6.45, 7) is 7.41. The van der Waals surface area contributed by atoms with E-state index < -0.39 is 0 Å². The fourth-order valence-electron chi connectivity index (χ4n) is 2.79. The maximum atomic E-state index is 6.28. The Bertz CT molecular complexity index is 474. The van der Waals surface area contributed by atoms with Gasteiger partial charge in [-0.1, -0.05) is 49.9 Å². The molecule has 3 nitrogen and oxygen atoms in total. The molecule has 1 saturated carbocycles. The van der Waals surface area contributed by atoms with Gasteiger partial charge in [-0.3, -0.25) is 0 Å². The summed E-state index contributed by atoms with van der Waals surface area (Å²) in [4.78, 5) is 4.54. The van der Waals surface area contributed by atoms with E-state index in [1.54, 1.807) is 6.07 Å². The molecule has 5 heteroatoms. The van der Waals surface area contributed by atoms with Gasteiger partial charge in [0.15, 0.2) is 0 Å². The number of anilines is 2. The Morgan fingerprint density at radius 3 is 2.60 bits per heavy atom. The molecule has 0 saturated heterocycles. The highest BCUT2D eigenvalue weighted by Crippen LogP contribution is 2.38. The highest BCUT2D eigenvalue weighted by molar-refractivity contribution is 6.37. The second kappa shape index (κ2) is 6.40. The van der Waals surface area contributed by atoms with Crippen LogP contribution in [-0.4, -0.2) is 17.6 Å². The number of hydrogen-bond acceptors (Lipinski definition) is 3. The van der Waals surface area contributed by atoms with Crippen LogP contribution in [0.4, 0.5) is 11.6 Å². The largest absolute Gasteiger partial charge is 0.369 e. The molecule has 112 valence electrons. The van der Waals surface area contributed by atoms with E-state index in [-0.39, 0.29) is 5.41 Å². The van der Waals surface area contributed by atoms with Gasteiger partial charge in [0.1, 0.15) is 11.6 Å². The van der Waals surface area contributed by atoms with Crippen LogP contribution >= 0.6 is 23.2 Å². The highest BCUT2D eigenvalue weighted by Gasteiger charge is 2.32. The third-order valence-electron chi connectivity index (χ3n) is 4.09. The van der Waals surface area contributed by atoms with Crippen LogP contribution in [0.15, 0.2) is 6.07 Å². The Hall–Kier alpha value is -0.670. The number of aromatic nitrogens is 1. The van der Waals surface area contributed by atoms with Crippen LogP contribution in [0.3, 0.4) is 0 Å². The van der Waals surface area contributed by atoms with Crippen molar-refractivity contribution in [3.63, 3.8) is 0 Å². The van der Waals surface area contributed by atoms with Crippen molar-refractivity contribution in [2.75, 3.05) is 17.2 Å². The van der Waals surface area contributed by atoms with E-state index in [1.165, 1.54) is 19.3 Å². The molecule has 0 spiro atoms. The van der Waals surface area contributed by atoms with E-state index in [4.69, 9.17) is 23.2 Å². The van der Waals surface area contributed by atoms with Crippen molar-refractivity contribution in [3.8, 4) is 0 Å². The molecule has 0 bridgehead atoms. The van der Waals surface area contributed by atoms with E-state index in [0.717, 1.165) is 18.8 Å². The quantitative estimate of drug-likeness (QED) is 0.801. The fourth-order valence-corrected chi connectivity index (χ4v) is 3.27. The molecule has 1 fully saturated rings.